The molecule has 0 aromatic heterocycles. The van der Waals surface area contributed by atoms with Gasteiger partial charge in [-0.15, -0.1) is 0 Å². The van der Waals surface area contributed by atoms with Gasteiger partial charge in [0.15, 0.2) is 0 Å². The summed E-state index contributed by atoms with van der Waals surface area (Å²) in [7, 11) is -11.8. The molecule has 0 radical (unpaired) electrons. The van der Waals surface area contributed by atoms with E-state index in [1.807, 2.05) is 20.8 Å². The molecular weight excluding hydrogens is 1200 g/mol. The van der Waals surface area contributed by atoms with E-state index in [9.17, 15) is 28.8 Å². The van der Waals surface area contributed by atoms with Gasteiger partial charge in [0.05, 0.1) is 19.6 Å². The van der Waals surface area contributed by atoms with Crippen molar-refractivity contribution in [2.45, 2.75) is 82.1 Å². The predicted octanol–water partition coefficient (Wildman–Crippen LogP) is 12.8. The van der Waals surface area contributed by atoms with E-state index < -0.39 is 75.5 Å². The van der Waals surface area contributed by atoms with E-state index in [1.54, 1.807) is 242 Å². The highest BCUT2D eigenvalue weighted by molar-refractivity contribution is 7.94. The number of carbonyl (C=O) groups is 6. The molecule has 9 aromatic carbocycles. The maximum atomic E-state index is 15.3. The molecule has 0 aliphatic heterocycles. The monoisotopic (exact) mass is 1270 g/mol. The van der Waals surface area contributed by atoms with Crippen LogP contribution >= 0.6 is 21.4 Å². The quantitative estimate of drug-likeness (QED) is 0.0316. The first kappa shape index (κ1) is 66.5. The molecule has 0 saturated heterocycles. The molecule has 9 aromatic rings. The van der Waals surface area contributed by atoms with E-state index >= 15 is 13.7 Å². The topological polar surface area (TPSA) is 185 Å². The molecule has 0 N–H and O–H groups in total. The van der Waals surface area contributed by atoms with Crippen LogP contribution in [0.5, 0.6) is 0 Å². The van der Waals surface area contributed by atoms with Crippen molar-refractivity contribution in [3.8, 4) is 0 Å². The molecule has 464 valence electrons. The standard InChI is InChI=1S/C75H72NO12P3/c1-49-40-52(4)70(73(80)89(83,58-28-16-10-17-29-58)59-30-18-11-19-31-59)55(7)64(49)46-86-67(77)43-76(44-68(78)87-47-65-50(2)41-53(5)71(56(65)8)74(81)90(84,60-32-20-12-21-33-60)61-34-22-13-23-35-61)45-69(79)88-48-66-51(3)42-54(6)72(57(66)9)75(82)91(85,62-36-24-14-25-37-62)63-38-26-15-27-39-63/h10-42H,43-48H2,1-9H3. The smallest absolute Gasteiger partial charge is 0.320 e. The lowest BCUT2D eigenvalue weighted by Gasteiger charge is -2.24. The first-order valence-electron chi connectivity index (χ1n) is 29.8. The van der Waals surface area contributed by atoms with Gasteiger partial charge in [-0.1, -0.05) is 200 Å². The Morgan fingerprint density at radius 1 is 0.297 bits per heavy atom. The van der Waals surface area contributed by atoms with Gasteiger partial charge in [-0.05, 0) is 129 Å². The second-order valence-corrected chi connectivity index (χ2v) is 30.8. The number of aryl methyl sites for hydroxylation is 6. The molecule has 13 nitrogen and oxygen atoms in total. The second kappa shape index (κ2) is 28.5. The summed E-state index contributed by atoms with van der Waals surface area (Å²) in [6.45, 7) is 13.0. The highest BCUT2D eigenvalue weighted by Gasteiger charge is 2.42. The number of benzene rings is 9. The lowest BCUT2D eigenvalue weighted by Crippen LogP contribution is -2.40. The molecule has 0 saturated carbocycles. The molecule has 0 spiro atoms. The number of esters is 3. The zero-order valence-corrected chi connectivity index (χ0v) is 55.2. The minimum Gasteiger partial charge on any atom is -0.460 e. The van der Waals surface area contributed by atoms with Crippen LogP contribution in [-0.4, -0.2) is 59.0 Å². The third-order valence-electron chi connectivity index (χ3n) is 16.8. The summed E-state index contributed by atoms with van der Waals surface area (Å²) < 4.78 is 63.8. The highest BCUT2D eigenvalue weighted by atomic mass is 31.2. The molecule has 0 fully saturated rings. The third kappa shape index (κ3) is 13.7. The van der Waals surface area contributed by atoms with Gasteiger partial charge in [-0.3, -0.25) is 33.7 Å². The van der Waals surface area contributed by atoms with Crippen molar-refractivity contribution >= 4 is 87.7 Å². The van der Waals surface area contributed by atoms with Crippen molar-refractivity contribution in [2.75, 3.05) is 19.6 Å². The molecule has 0 atom stereocenters. The molecule has 0 aliphatic rings. The normalized spacial score (nSPS) is 11.7. The van der Waals surface area contributed by atoms with Crippen molar-refractivity contribution in [2.24, 2.45) is 0 Å². The Bertz CT molecular complexity index is 3830. The number of carbonyl (C=O) groups excluding carboxylic acids is 6. The van der Waals surface area contributed by atoms with E-state index in [1.165, 1.54) is 4.90 Å². The first-order valence-corrected chi connectivity index (χ1v) is 34.9. The van der Waals surface area contributed by atoms with Crippen LogP contribution < -0.4 is 31.8 Å². The van der Waals surface area contributed by atoms with Crippen molar-refractivity contribution in [3.05, 3.63) is 284 Å². The maximum absolute atomic E-state index is 15.3. The number of rotatable bonds is 24. The minimum atomic E-state index is -3.95. The van der Waals surface area contributed by atoms with Gasteiger partial charge in [0.1, 0.15) is 19.8 Å². The molecule has 0 bridgehead atoms. The zero-order valence-electron chi connectivity index (χ0n) is 52.5. The summed E-state index contributed by atoms with van der Waals surface area (Å²) in [5, 5.41) is 2.21. The van der Waals surface area contributed by atoms with E-state index in [0.717, 1.165) is 0 Å². The molecule has 91 heavy (non-hydrogen) atoms. The Hall–Kier alpha value is -8.95. The van der Waals surface area contributed by atoms with Crippen molar-refractivity contribution < 1.29 is 56.7 Å². The van der Waals surface area contributed by atoms with Crippen molar-refractivity contribution in [1.29, 1.82) is 0 Å². The predicted molar refractivity (Wildman–Crippen MR) is 360 cm³/mol. The zero-order chi connectivity index (χ0) is 65.4. The van der Waals surface area contributed by atoms with Crippen LogP contribution in [0, 0.1) is 62.3 Å². The van der Waals surface area contributed by atoms with Crippen LogP contribution in [0.15, 0.2) is 200 Å². The number of nitrogens with zero attached hydrogens (tertiary/aromatic N) is 1. The van der Waals surface area contributed by atoms with Gasteiger partial charge < -0.3 is 27.9 Å². The lowest BCUT2D eigenvalue weighted by molar-refractivity contribution is -0.153. The second-order valence-electron chi connectivity index (χ2n) is 22.9. The molecule has 0 unspecified atom stereocenters. The van der Waals surface area contributed by atoms with E-state index in [-0.39, 0.29) is 36.5 Å². The summed E-state index contributed by atoms with van der Waals surface area (Å²) >= 11 is 0. The number of hydrogen-bond donors (Lipinski definition) is 0. The SMILES string of the molecule is Cc1cc(C)c(C(=O)P(=O)(c2ccccc2)c2ccccc2)c(C)c1COC(=O)CN(CC(=O)OCc1c(C)cc(C)c(C(=O)P(=O)(c2ccccc2)c2ccccc2)c1C)CC(=O)OCc1c(C)cc(C)c(C(=O)P(=O)(c2ccccc2)c2ccccc2)c1C. The van der Waals surface area contributed by atoms with Crippen molar-refractivity contribution in [3.63, 3.8) is 0 Å². The molecule has 0 aliphatic carbocycles. The average Bonchev–Trinajstić information content (AvgIpc) is 0.791. The number of hydrogen-bond acceptors (Lipinski definition) is 13. The minimum absolute atomic E-state index is 0.230. The number of ether oxygens (including phenoxy) is 3. The van der Waals surface area contributed by atoms with Gasteiger partial charge in [0.25, 0.3) is 0 Å². The fourth-order valence-electron chi connectivity index (χ4n) is 12.1. The van der Waals surface area contributed by atoms with Crippen LogP contribution in [0.4, 0.5) is 0 Å². The molecule has 9 rings (SSSR count). The third-order valence-corrected chi connectivity index (χ3v) is 25.3. The molecule has 0 heterocycles. The summed E-state index contributed by atoms with van der Waals surface area (Å²) in [6, 6.07) is 57.0. The Morgan fingerprint density at radius 2 is 0.484 bits per heavy atom. The first-order chi connectivity index (χ1) is 43.5. The van der Waals surface area contributed by atoms with Crippen LogP contribution in [0.1, 0.15) is 97.8 Å². The van der Waals surface area contributed by atoms with Gasteiger partial charge in [0.2, 0.25) is 38.0 Å². The lowest BCUT2D eigenvalue weighted by atomic mass is 9.94. The average molecular weight is 1270 g/mol. The maximum Gasteiger partial charge on any atom is 0.320 e. The van der Waals surface area contributed by atoms with E-state index in [4.69, 9.17) is 14.2 Å². The summed E-state index contributed by atoms with van der Waals surface area (Å²) in [5.41, 5.74) is 5.70. The fourth-order valence-corrected chi connectivity index (χ4v) is 19.9. The Balaban J connectivity index is 0.987. The highest BCUT2D eigenvalue weighted by Crippen LogP contribution is 2.51. The van der Waals surface area contributed by atoms with Crippen LogP contribution in [0.2, 0.25) is 0 Å². The van der Waals surface area contributed by atoms with Gasteiger partial charge in [0, 0.05) is 48.5 Å². The Kier molecular flexibility index (Phi) is 20.8. The molecule has 0 amide bonds. The van der Waals surface area contributed by atoms with Gasteiger partial charge in [-0.2, -0.15) is 0 Å². The summed E-state index contributed by atoms with van der Waals surface area (Å²) in [6.07, 6.45) is 0. The summed E-state index contributed by atoms with van der Waals surface area (Å²) in [5.74, 6) is -2.55. The van der Waals surface area contributed by atoms with Crippen LogP contribution in [0.25, 0.3) is 0 Å². The molecule has 16 heteroatoms. The van der Waals surface area contributed by atoms with E-state index in [0.29, 0.717) is 98.6 Å². The van der Waals surface area contributed by atoms with Gasteiger partial charge >= 0.3 is 17.9 Å². The fraction of sp³-hybridized carbons (Fsp3) is 0.200. The largest absolute Gasteiger partial charge is 0.460 e. The van der Waals surface area contributed by atoms with Crippen molar-refractivity contribution in [1.82, 2.24) is 4.90 Å². The van der Waals surface area contributed by atoms with Gasteiger partial charge in [-0.25, -0.2) is 0 Å². The summed E-state index contributed by atoms with van der Waals surface area (Å²) in [4.78, 5) is 88.6. The Morgan fingerprint density at radius 3 is 0.670 bits per heavy atom. The van der Waals surface area contributed by atoms with Crippen LogP contribution in [0.3, 0.4) is 0 Å². The van der Waals surface area contributed by atoms with Crippen LogP contribution in [-0.2, 0) is 62.1 Å². The Labute approximate surface area is 531 Å². The molecular formula is C75H72NO12P3. The van der Waals surface area contributed by atoms with E-state index in [2.05, 4.69) is 0 Å².